The lowest BCUT2D eigenvalue weighted by atomic mass is 10.2. The number of rotatable bonds is 7. The van der Waals surface area contributed by atoms with Gasteiger partial charge in [0.2, 0.25) is 15.9 Å². The van der Waals surface area contributed by atoms with E-state index in [1.165, 1.54) is 51.7 Å². The monoisotopic (exact) mass is 563 g/mol. The number of nitrogens with zero attached hydrogens (tertiary/aromatic N) is 4. The van der Waals surface area contributed by atoms with Gasteiger partial charge in [0.05, 0.1) is 16.4 Å². The smallest absolute Gasteiger partial charge is 0.409 e. The summed E-state index contributed by atoms with van der Waals surface area (Å²) in [5, 5.41) is 10.0. The van der Waals surface area contributed by atoms with Crippen LogP contribution in [0.3, 0.4) is 0 Å². The maximum atomic E-state index is 13.0. The molecule has 1 fully saturated rings. The average molecular weight is 564 g/mol. The number of carbonyl (C=O) groups is 2. The van der Waals surface area contributed by atoms with E-state index < -0.39 is 31.9 Å². The minimum atomic E-state index is -3.83. The molecule has 0 unspecified atom stereocenters. The number of nitrogens with one attached hydrogen (secondary N) is 1. The Morgan fingerprint density at radius 3 is 2.29 bits per heavy atom. The van der Waals surface area contributed by atoms with E-state index in [1.807, 2.05) is 0 Å². The van der Waals surface area contributed by atoms with Gasteiger partial charge >= 0.3 is 12.1 Å². The molecule has 0 aliphatic carbocycles. The minimum Gasteiger partial charge on any atom is -0.450 e. The second kappa shape index (κ2) is 10.9. The molecule has 15 heteroatoms. The summed E-state index contributed by atoms with van der Waals surface area (Å²) in [6, 6.07) is 11.1. The second-order valence-corrected chi connectivity index (χ2v) is 12.2. The first-order chi connectivity index (χ1) is 18.0. The van der Waals surface area contributed by atoms with Crippen molar-refractivity contribution in [2.75, 3.05) is 44.4 Å². The van der Waals surface area contributed by atoms with E-state index in [1.54, 1.807) is 13.0 Å². The molecule has 1 saturated heterocycles. The largest absolute Gasteiger partial charge is 0.450 e. The maximum absolute atomic E-state index is 13.0. The van der Waals surface area contributed by atoms with E-state index in [9.17, 15) is 26.4 Å². The van der Waals surface area contributed by atoms with E-state index in [2.05, 4.69) is 15.5 Å². The van der Waals surface area contributed by atoms with E-state index in [-0.39, 0.29) is 60.0 Å². The molecule has 2 amide bonds. The highest BCUT2D eigenvalue weighted by molar-refractivity contribution is 7.90. The van der Waals surface area contributed by atoms with Crippen LogP contribution in [0.1, 0.15) is 17.3 Å². The second-order valence-electron chi connectivity index (χ2n) is 8.28. The molecule has 2 heterocycles. The number of amides is 2. The zero-order valence-electron chi connectivity index (χ0n) is 20.5. The normalized spacial score (nSPS) is 14.7. The number of hydrogen-bond donors (Lipinski definition) is 1. The Morgan fingerprint density at radius 1 is 0.974 bits per heavy atom. The third-order valence-corrected chi connectivity index (χ3v) is 8.70. The number of anilines is 1. The van der Waals surface area contributed by atoms with Crippen LogP contribution in [-0.4, -0.2) is 87.3 Å². The molecule has 38 heavy (non-hydrogen) atoms. The van der Waals surface area contributed by atoms with Crippen molar-refractivity contribution >= 4 is 37.9 Å². The Balaban J connectivity index is 1.40. The minimum absolute atomic E-state index is 0.00414. The summed E-state index contributed by atoms with van der Waals surface area (Å²) in [4.78, 5) is 26.0. The van der Waals surface area contributed by atoms with Crippen molar-refractivity contribution in [1.29, 1.82) is 0 Å². The van der Waals surface area contributed by atoms with E-state index >= 15 is 0 Å². The van der Waals surface area contributed by atoms with E-state index in [4.69, 9.17) is 9.15 Å². The zero-order chi connectivity index (χ0) is 27.5. The van der Waals surface area contributed by atoms with Crippen molar-refractivity contribution < 1.29 is 35.6 Å². The molecule has 1 N–H and O–H groups in total. The molecule has 1 aromatic heterocycles. The number of sulfone groups is 1. The lowest BCUT2D eigenvalue weighted by molar-refractivity contribution is 0.0933. The summed E-state index contributed by atoms with van der Waals surface area (Å²) in [5.74, 6) is -0.604. The first kappa shape index (κ1) is 27.2. The first-order valence-corrected chi connectivity index (χ1v) is 14.8. The Labute approximate surface area is 219 Å². The van der Waals surface area contributed by atoms with Gasteiger partial charge in [0, 0.05) is 43.6 Å². The topological polar surface area (TPSA) is 169 Å². The lowest BCUT2D eigenvalue weighted by Crippen LogP contribution is -2.50. The highest BCUT2D eigenvalue weighted by Gasteiger charge is 2.30. The molecule has 1 aliphatic rings. The zero-order valence-corrected chi connectivity index (χ0v) is 22.2. The first-order valence-electron chi connectivity index (χ1n) is 11.5. The molecule has 13 nitrogen and oxygen atoms in total. The standard InChI is InChI=1S/C23H25N5O8S2/c1-3-35-23(30)27-11-13-28(14-12-27)38(33,34)18-9-7-16(8-10-18)20(29)24-22-26-25-21(36-22)17-5-4-6-19(15-17)37(2,31)32/h4-10,15H,3,11-14H2,1-2H3,(H,24,26,29). The average Bonchev–Trinajstić information content (AvgIpc) is 3.37. The van der Waals surface area contributed by atoms with Crippen LogP contribution in [0.15, 0.2) is 62.7 Å². The molecule has 1 aliphatic heterocycles. The third kappa shape index (κ3) is 6.00. The predicted octanol–water partition coefficient (Wildman–Crippen LogP) is 1.86. The maximum Gasteiger partial charge on any atom is 0.409 e. The van der Waals surface area contributed by atoms with Gasteiger partial charge in [-0.15, -0.1) is 5.10 Å². The van der Waals surface area contributed by atoms with Crippen LogP contribution in [0.4, 0.5) is 10.8 Å². The van der Waals surface area contributed by atoms with Gasteiger partial charge in [-0.05, 0) is 49.4 Å². The highest BCUT2D eigenvalue weighted by Crippen LogP contribution is 2.24. The fraction of sp³-hybridized carbons (Fsp3) is 0.304. The highest BCUT2D eigenvalue weighted by atomic mass is 32.2. The van der Waals surface area contributed by atoms with Crippen molar-refractivity contribution in [1.82, 2.24) is 19.4 Å². The Morgan fingerprint density at radius 2 is 1.66 bits per heavy atom. The van der Waals surface area contributed by atoms with Crippen LogP contribution in [-0.2, 0) is 24.6 Å². The van der Waals surface area contributed by atoms with Crippen molar-refractivity contribution in [3.8, 4) is 11.5 Å². The molecular formula is C23H25N5O8S2. The number of carbonyl (C=O) groups excluding carboxylic acids is 2. The number of piperazine rings is 1. The summed E-state index contributed by atoms with van der Waals surface area (Å²) < 4.78 is 61.2. The van der Waals surface area contributed by atoms with Gasteiger partial charge in [-0.25, -0.2) is 21.6 Å². The van der Waals surface area contributed by atoms with E-state index in [0.29, 0.717) is 5.56 Å². The molecule has 0 radical (unpaired) electrons. The molecule has 0 saturated carbocycles. The fourth-order valence-corrected chi connectivity index (χ4v) is 5.76. The summed E-state index contributed by atoms with van der Waals surface area (Å²) in [6.45, 7) is 2.60. The number of hydrogen-bond acceptors (Lipinski definition) is 10. The fourth-order valence-electron chi connectivity index (χ4n) is 3.67. The molecule has 0 bridgehead atoms. The van der Waals surface area contributed by atoms with Gasteiger partial charge in [-0.1, -0.05) is 11.2 Å². The number of benzene rings is 2. The van der Waals surface area contributed by atoms with Gasteiger partial charge < -0.3 is 14.1 Å². The number of ether oxygens (including phenoxy) is 1. The SMILES string of the molecule is CCOC(=O)N1CCN(S(=O)(=O)c2ccc(C(=O)Nc3nnc(-c4cccc(S(C)(=O)=O)c4)o3)cc2)CC1. The van der Waals surface area contributed by atoms with Gasteiger partial charge in [-0.2, -0.15) is 4.31 Å². The predicted molar refractivity (Wildman–Crippen MR) is 135 cm³/mol. The summed E-state index contributed by atoms with van der Waals surface area (Å²) in [5.41, 5.74) is 0.508. The van der Waals surface area contributed by atoms with Gasteiger partial charge in [-0.3, -0.25) is 10.1 Å². The van der Waals surface area contributed by atoms with Crippen molar-refractivity contribution in [2.24, 2.45) is 0 Å². The van der Waals surface area contributed by atoms with E-state index in [0.717, 1.165) is 6.26 Å². The summed E-state index contributed by atoms with van der Waals surface area (Å²) >= 11 is 0. The van der Waals surface area contributed by atoms with Gasteiger partial charge in [0.15, 0.2) is 9.84 Å². The Bertz CT molecular complexity index is 1540. The van der Waals surface area contributed by atoms with Crippen LogP contribution in [0.25, 0.3) is 11.5 Å². The van der Waals surface area contributed by atoms with Crippen molar-refractivity contribution in [3.05, 3.63) is 54.1 Å². The summed E-state index contributed by atoms with van der Waals surface area (Å²) in [7, 11) is -7.26. The molecule has 4 rings (SSSR count). The van der Waals surface area contributed by atoms with Crippen LogP contribution in [0, 0.1) is 0 Å². The quantitative estimate of drug-likeness (QED) is 0.448. The Hall–Kier alpha value is -3.82. The molecule has 202 valence electrons. The molecule has 3 aromatic rings. The molecular weight excluding hydrogens is 538 g/mol. The van der Waals surface area contributed by atoms with Crippen LogP contribution in [0.5, 0.6) is 0 Å². The van der Waals surface area contributed by atoms with Crippen LogP contribution >= 0.6 is 0 Å². The summed E-state index contributed by atoms with van der Waals surface area (Å²) in [6.07, 6.45) is 0.601. The molecule has 2 aromatic carbocycles. The molecule has 0 atom stereocenters. The van der Waals surface area contributed by atoms with Gasteiger partial charge in [0.25, 0.3) is 5.91 Å². The third-order valence-electron chi connectivity index (χ3n) is 5.67. The number of aromatic nitrogens is 2. The van der Waals surface area contributed by atoms with Crippen LogP contribution < -0.4 is 5.32 Å². The van der Waals surface area contributed by atoms with Crippen molar-refractivity contribution in [3.63, 3.8) is 0 Å². The van der Waals surface area contributed by atoms with Gasteiger partial charge in [0.1, 0.15) is 0 Å². The van der Waals surface area contributed by atoms with Crippen LogP contribution in [0.2, 0.25) is 0 Å². The Kier molecular flexibility index (Phi) is 7.80. The lowest BCUT2D eigenvalue weighted by Gasteiger charge is -2.33. The number of sulfonamides is 1. The van der Waals surface area contributed by atoms with Crippen molar-refractivity contribution in [2.45, 2.75) is 16.7 Å². The molecule has 0 spiro atoms.